The van der Waals surface area contributed by atoms with Crippen molar-refractivity contribution in [2.45, 2.75) is 0 Å². The van der Waals surface area contributed by atoms with Gasteiger partial charge in [-0.2, -0.15) is 0 Å². The van der Waals surface area contributed by atoms with E-state index in [-0.39, 0.29) is 37.5 Å². The molecule has 0 aliphatic heterocycles. The Morgan fingerprint density at radius 2 is 1.38 bits per heavy atom. The number of fused-ring (bicyclic) bond motifs is 1. The first-order valence-electron chi connectivity index (χ1n) is 7.32. The zero-order valence-corrected chi connectivity index (χ0v) is 16.7. The molecule has 1 N–H and O–H groups in total. The predicted molar refractivity (Wildman–Crippen MR) is 110 cm³/mol. The highest BCUT2D eigenvalue weighted by Gasteiger charge is 2.21. The van der Waals surface area contributed by atoms with Crippen molar-refractivity contribution in [3.8, 4) is 5.75 Å². The maximum Gasteiger partial charge on any atom is 0.262 e. The van der Waals surface area contributed by atoms with E-state index in [0.717, 1.165) is 10.8 Å². The van der Waals surface area contributed by atoms with Crippen LogP contribution in [0.25, 0.3) is 10.8 Å². The molecule has 0 fully saturated rings. The van der Waals surface area contributed by atoms with Crippen LogP contribution in [0.4, 0.5) is 5.69 Å². The number of carbonyl (C=O) groups excluding carboxylic acids is 1. The highest BCUT2D eigenvalue weighted by atomic mass is 35.5. The predicted octanol–water partition coefficient (Wildman–Crippen LogP) is 7.12. The molecule has 3 aromatic rings. The van der Waals surface area contributed by atoms with Crippen LogP contribution in [-0.4, -0.2) is 12.5 Å². The standard InChI is InChI=1S/C18H10Cl5NO2/c19-13-14(20)16(22)18(17(23)15(13)21)26-8-12(25)24-11-7-3-5-9-4-1-2-6-10(9)11/h1-7H,8H2,(H,24,25). The molecule has 0 spiro atoms. The summed E-state index contributed by atoms with van der Waals surface area (Å²) in [4.78, 5) is 12.3. The second-order valence-corrected chi connectivity index (χ2v) is 7.15. The molecule has 0 heterocycles. The average Bonchev–Trinajstić information content (AvgIpc) is 2.65. The Labute approximate surface area is 174 Å². The van der Waals surface area contributed by atoms with Gasteiger partial charge in [0, 0.05) is 11.1 Å². The smallest absolute Gasteiger partial charge is 0.262 e. The molecule has 0 aliphatic rings. The van der Waals surface area contributed by atoms with Crippen LogP contribution in [0, 0.1) is 0 Å². The lowest BCUT2D eigenvalue weighted by molar-refractivity contribution is -0.118. The molecule has 0 saturated carbocycles. The average molecular weight is 450 g/mol. The van der Waals surface area contributed by atoms with Crippen LogP contribution in [0.15, 0.2) is 42.5 Å². The van der Waals surface area contributed by atoms with E-state index in [1.54, 1.807) is 6.07 Å². The first-order valence-corrected chi connectivity index (χ1v) is 9.21. The minimum absolute atomic E-state index is 0.000744. The summed E-state index contributed by atoms with van der Waals surface area (Å²) >= 11 is 30.0. The third-order valence-corrected chi connectivity index (χ3v) is 5.82. The monoisotopic (exact) mass is 447 g/mol. The molecule has 134 valence electrons. The number of benzene rings is 3. The van der Waals surface area contributed by atoms with Crippen LogP contribution < -0.4 is 10.1 Å². The van der Waals surface area contributed by atoms with Gasteiger partial charge in [0.1, 0.15) is 10.0 Å². The van der Waals surface area contributed by atoms with E-state index in [9.17, 15) is 4.79 Å². The number of carbonyl (C=O) groups is 1. The first-order chi connectivity index (χ1) is 12.4. The van der Waals surface area contributed by atoms with Crippen molar-refractivity contribution in [1.82, 2.24) is 0 Å². The zero-order valence-electron chi connectivity index (χ0n) is 13.0. The molecule has 3 nitrogen and oxygen atoms in total. The number of nitrogens with one attached hydrogen (secondary N) is 1. The molecule has 0 radical (unpaired) electrons. The van der Waals surface area contributed by atoms with E-state index in [4.69, 9.17) is 62.7 Å². The number of anilines is 1. The maximum atomic E-state index is 12.3. The van der Waals surface area contributed by atoms with Crippen molar-refractivity contribution in [2.24, 2.45) is 0 Å². The summed E-state index contributed by atoms with van der Waals surface area (Å²) in [5, 5.41) is 4.73. The van der Waals surface area contributed by atoms with Crippen LogP contribution in [-0.2, 0) is 4.79 Å². The Morgan fingerprint density at radius 3 is 2.08 bits per heavy atom. The summed E-state index contributed by atoms with van der Waals surface area (Å²) in [6, 6.07) is 13.3. The normalized spacial score (nSPS) is 10.8. The number of hydrogen-bond donors (Lipinski definition) is 1. The van der Waals surface area contributed by atoms with Crippen molar-refractivity contribution in [2.75, 3.05) is 11.9 Å². The highest BCUT2D eigenvalue weighted by molar-refractivity contribution is 6.55. The molecule has 0 atom stereocenters. The summed E-state index contributed by atoms with van der Waals surface area (Å²) in [6.45, 7) is -0.336. The summed E-state index contributed by atoms with van der Waals surface area (Å²) in [6.07, 6.45) is 0. The van der Waals surface area contributed by atoms with Gasteiger partial charge in [0.15, 0.2) is 12.4 Å². The molecule has 0 unspecified atom stereocenters. The lowest BCUT2D eigenvalue weighted by Gasteiger charge is -2.14. The van der Waals surface area contributed by atoms with E-state index in [1.807, 2.05) is 36.4 Å². The number of ether oxygens (including phenoxy) is 1. The van der Waals surface area contributed by atoms with Gasteiger partial charge in [0.2, 0.25) is 0 Å². The molecule has 0 aliphatic carbocycles. The van der Waals surface area contributed by atoms with Gasteiger partial charge in [-0.3, -0.25) is 4.79 Å². The molecule has 8 heteroatoms. The quantitative estimate of drug-likeness (QED) is 0.340. The molecule has 3 aromatic carbocycles. The van der Waals surface area contributed by atoms with Gasteiger partial charge in [-0.25, -0.2) is 0 Å². The lowest BCUT2D eigenvalue weighted by Crippen LogP contribution is -2.20. The van der Waals surface area contributed by atoms with E-state index in [0.29, 0.717) is 5.69 Å². The highest BCUT2D eigenvalue weighted by Crippen LogP contribution is 2.48. The van der Waals surface area contributed by atoms with Gasteiger partial charge >= 0.3 is 0 Å². The van der Waals surface area contributed by atoms with E-state index < -0.39 is 5.91 Å². The van der Waals surface area contributed by atoms with E-state index in [2.05, 4.69) is 5.32 Å². The van der Waals surface area contributed by atoms with Crippen LogP contribution >= 0.6 is 58.0 Å². The molecule has 0 saturated heterocycles. The SMILES string of the molecule is O=C(COc1c(Cl)c(Cl)c(Cl)c(Cl)c1Cl)Nc1cccc2ccccc12. The van der Waals surface area contributed by atoms with Crippen molar-refractivity contribution in [1.29, 1.82) is 0 Å². The maximum absolute atomic E-state index is 12.3. The van der Waals surface area contributed by atoms with Gasteiger partial charge in [-0.1, -0.05) is 94.4 Å². The Kier molecular flexibility index (Phi) is 6.06. The first kappa shape index (κ1) is 19.4. The topological polar surface area (TPSA) is 38.3 Å². The van der Waals surface area contributed by atoms with Crippen LogP contribution in [0.5, 0.6) is 5.75 Å². The summed E-state index contributed by atoms with van der Waals surface area (Å²) < 4.78 is 5.43. The van der Waals surface area contributed by atoms with Crippen molar-refractivity contribution in [3.63, 3.8) is 0 Å². The van der Waals surface area contributed by atoms with Gasteiger partial charge in [-0.05, 0) is 11.5 Å². The lowest BCUT2D eigenvalue weighted by atomic mass is 10.1. The molecular weight excluding hydrogens is 439 g/mol. The second-order valence-electron chi connectivity index (χ2n) is 5.26. The fourth-order valence-corrected chi connectivity index (χ4v) is 3.60. The Balaban J connectivity index is 1.78. The molecule has 0 bridgehead atoms. The van der Waals surface area contributed by atoms with Crippen LogP contribution in [0.2, 0.25) is 25.1 Å². The van der Waals surface area contributed by atoms with Gasteiger partial charge < -0.3 is 10.1 Å². The van der Waals surface area contributed by atoms with Crippen molar-refractivity contribution < 1.29 is 9.53 Å². The number of rotatable bonds is 4. The molecular formula is C18H10Cl5NO2. The number of halogens is 5. The van der Waals surface area contributed by atoms with E-state index in [1.165, 1.54) is 0 Å². The third-order valence-electron chi connectivity index (χ3n) is 3.58. The largest absolute Gasteiger partial charge is 0.481 e. The molecule has 0 aromatic heterocycles. The third kappa shape index (κ3) is 3.83. The van der Waals surface area contributed by atoms with Crippen molar-refractivity contribution in [3.05, 3.63) is 67.6 Å². The number of amides is 1. The minimum Gasteiger partial charge on any atom is -0.481 e. The van der Waals surface area contributed by atoms with Gasteiger partial charge in [0.25, 0.3) is 5.91 Å². The summed E-state index contributed by atoms with van der Waals surface area (Å²) in [5.41, 5.74) is 0.668. The Hall–Kier alpha value is -1.36. The van der Waals surface area contributed by atoms with Crippen LogP contribution in [0.1, 0.15) is 0 Å². The van der Waals surface area contributed by atoms with E-state index >= 15 is 0 Å². The summed E-state index contributed by atoms with van der Waals surface area (Å²) in [5.74, 6) is -0.392. The Bertz CT molecular complexity index is 972. The fourth-order valence-electron chi connectivity index (χ4n) is 2.37. The molecule has 1 amide bonds. The van der Waals surface area contributed by atoms with Crippen LogP contribution in [0.3, 0.4) is 0 Å². The fraction of sp³-hybridized carbons (Fsp3) is 0.0556. The second kappa shape index (κ2) is 8.12. The zero-order chi connectivity index (χ0) is 18.8. The molecule has 3 rings (SSSR count). The molecule has 26 heavy (non-hydrogen) atoms. The number of hydrogen-bond acceptors (Lipinski definition) is 2. The minimum atomic E-state index is -0.393. The van der Waals surface area contributed by atoms with Gasteiger partial charge in [0.05, 0.1) is 15.1 Å². The Morgan fingerprint density at radius 1 is 0.808 bits per heavy atom. The summed E-state index contributed by atoms with van der Waals surface area (Å²) in [7, 11) is 0. The van der Waals surface area contributed by atoms with Gasteiger partial charge in [-0.15, -0.1) is 0 Å². The van der Waals surface area contributed by atoms with Crippen molar-refractivity contribution >= 4 is 80.4 Å².